The minimum Gasteiger partial charge on any atom is -0.547 e. The summed E-state index contributed by atoms with van der Waals surface area (Å²) in [6.07, 6.45) is 1.37. The predicted octanol–water partition coefficient (Wildman–Crippen LogP) is -4.22. The van der Waals surface area contributed by atoms with Crippen molar-refractivity contribution in [1.82, 2.24) is 15.2 Å². The molecule has 1 N–H and O–H groups in total. The van der Waals surface area contributed by atoms with E-state index in [-0.39, 0.29) is 25.0 Å². The third-order valence-electron chi connectivity index (χ3n) is 2.02. The summed E-state index contributed by atoms with van der Waals surface area (Å²) in [4.78, 5) is 14.3. The molecule has 0 aromatic carbocycles. The van der Waals surface area contributed by atoms with E-state index in [1.807, 2.05) is 0 Å². The van der Waals surface area contributed by atoms with E-state index in [0.717, 1.165) is 0 Å². The van der Waals surface area contributed by atoms with Crippen LogP contribution in [0.25, 0.3) is 0 Å². The molecule has 0 unspecified atom stereocenters. The quantitative estimate of drug-likeness (QED) is 0.476. The minimum absolute atomic E-state index is 0. The van der Waals surface area contributed by atoms with Gasteiger partial charge in [0.15, 0.2) is 5.82 Å². The summed E-state index contributed by atoms with van der Waals surface area (Å²) >= 11 is 0. The maximum Gasteiger partial charge on any atom is 1.00 e. The molecule has 7 heteroatoms. The average molecular weight is 189 g/mol. The van der Waals surface area contributed by atoms with E-state index < -0.39 is 12.1 Å². The van der Waals surface area contributed by atoms with Gasteiger partial charge >= 0.3 is 18.9 Å². The molecule has 6 nitrogen and oxygen atoms in total. The SMILES string of the molecule is O=C([O-])[C@@H]1CC[C@H](c2ncn[nH]2)O1.[Li+]. The number of hydrogen-bond donors (Lipinski definition) is 1. The Morgan fingerprint density at radius 1 is 1.64 bits per heavy atom. The molecule has 1 aliphatic rings. The molecule has 1 aromatic heterocycles. The van der Waals surface area contributed by atoms with Crippen molar-refractivity contribution in [2.75, 3.05) is 0 Å². The zero-order valence-corrected chi connectivity index (χ0v) is 7.77. The van der Waals surface area contributed by atoms with Crippen LogP contribution in [-0.4, -0.2) is 27.3 Å². The van der Waals surface area contributed by atoms with Gasteiger partial charge in [0.2, 0.25) is 0 Å². The van der Waals surface area contributed by atoms with Crippen LogP contribution in [0, 0.1) is 0 Å². The molecule has 2 atom stereocenters. The van der Waals surface area contributed by atoms with E-state index in [1.54, 1.807) is 0 Å². The Kier molecular flexibility index (Phi) is 3.69. The number of aromatic amines is 1. The molecule has 1 aromatic rings. The van der Waals surface area contributed by atoms with Crippen LogP contribution in [0.3, 0.4) is 0 Å². The summed E-state index contributed by atoms with van der Waals surface area (Å²) in [6, 6.07) is 0. The van der Waals surface area contributed by atoms with Crippen LogP contribution >= 0.6 is 0 Å². The molecule has 70 valence electrons. The molecular weight excluding hydrogens is 181 g/mol. The van der Waals surface area contributed by atoms with Crippen LogP contribution in [0.1, 0.15) is 24.8 Å². The average Bonchev–Trinajstić information content (AvgIpc) is 2.75. The molecule has 14 heavy (non-hydrogen) atoms. The largest absolute Gasteiger partial charge is 1.00 e. The number of aromatic nitrogens is 3. The standard InChI is InChI=1S/C7H9N3O3.Li/c11-7(12)5-2-1-4(13-5)6-8-3-9-10-6;/h3-5H,1-2H2,(H,11,12)(H,8,9,10);/q;+1/p-1/t4-,5+;/m1./s1. The van der Waals surface area contributed by atoms with Crippen molar-refractivity contribution in [3.8, 4) is 0 Å². The second-order valence-electron chi connectivity index (χ2n) is 2.88. The van der Waals surface area contributed by atoms with Gasteiger partial charge in [0.1, 0.15) is 12.4 Å². The van der Waals surface area contributed by atoms with Crippen LogP contribution in [0.15, 0.2) is 6.33 Å². The Balaban J connectivity index is 0.000000980. The normalized spacial score (nSPS) is 25.7. The number of ether oxygens (including phenoxy) is 1. The molecular formula is C7H8LiN3O3. The van der Waals surface area contributed by atoms with Gasteiger partial charge < -0.3 is 14.6 Å². The number of nitrogens with zero attached hydrogens (tertiary/aromatic N) is 2. The van der Waals surface area contributed by atoms with E-state index in [4.69, 9.17) is 4.74 Å². The van der Waals surface area contributed by atoms with Crippen LogP contribution in [0.4, 0.5) is 0 Å². The maximum atomic E-state index is 10.4. The smallest absolute Gasteiger partial charge is 0.547 e. The fourth-order valence-electron chi connectivity index (χ4n) is 1.38. The molecule has 0 aliphatic carbocycles. The molecule has 0 spiro atoms. The zero-order chi connectivity index (χ0) is 9.26. The van der Waals surface area contributed by atoms with Gasteiger partial charge in [-0.25, -0.2) is 4.98 Å². The molecule has 0 amide bonds. The van der Waals surface area contributed by atoms with Crippen molar-refractivity contribution in [3.05, 3.63) is 12.2 Å². The summed E-state index contributed by atoms with van der Waals surface area (Å²) in [5, 5.41) is 16.7. The Hall–Kier alpha value is -0.833. The number of H-pyrrole nitrogens is 1. The molecule has 1 fully saturated rings. The number of hydrogen-bond acceptors (Lipinski definition) is 5. The molecule has 0 bridgehead atoms. The first-order valence-corrected chi connectivity index (χ1v) is 3.99. The van der Waals surface area contributed by atoms with Crippen molar-refractivity contribution in [1.29, 1.82) is 0 Å². The topological polar surface area (TPSA) is 90.9 Å². The molecule has 1 saturated heterocycles. The molecule has 0 radical (unpaired) electrons. The molecule has 1 aliphatic heterocycles. The predicted molar refractivity (Wildman–Crippen MR) is 38.2 cm³/mol. The van der Waals surface area contributed by atoms with Crippen LogP contribution in [0.5, 0.6) is 0 Å². The van der Waals surface area contributed by atoms with Gasteiger partial charge in [-0.15, -0.1) is 0 Å². The minimum atomic E-state index is -1.16. The van der Waals surface area contributed by atoms with Gasteiger partial charge in [-0.1, -0.05) is 0 Å². The van der Waals surface area contributed by atoms with Gasteiger partial charge in [0.25, 0.3) is 0 Å². The van der Waals surface area contributed by atoms with Crippen molar-refractivity contribution in [2.45, 2.75) is 25.0 Å². The Labute approximate surface area is 92.2 Å². The van der Waals surface area contributed by atoms with Gasteiger partial charge in [-0.2, -0.15) is 5.10 Å². The first-order chi connectivity index (χ1) is 6.27. The summed E-state index contributed by atoms with van der Waals surface area (Å²) in [6.45, 7) is 0. The van der Waals surface area contributed by atoms with Crippen molar-refractivity contribution >= 4 is 5.97 Å². The summed E-state index contributed by atoms with van der Waals surface area (Å²) < 4.78 is 5.17. The van der Waals surface area contributed by atoms with E-state index >= 15 is 0 Å². The zero-order valence-electron chi connectivity index (χ0n) is 7.77. The van der Waals surface area contributed by atoms with Gasteiger partial charge in [-0.05, 0) is 12.8 Å². The third-order valence-corrected chi connectivity index (χ3v) is 2.02. The Morgan fingerprint density at radius 2 is 2.43 bits per heavy atom. The summed E-state index contributed by atoms with van der Waals surface area (Å²) in [5.41, 5.74) is 0. The second kappa shape index (κ2) is 4.60. The van der Waals surface area contributed by atoms with E-state index in [1.165, 1.54) is 6.33 Å². The molecule has 2 rings (SSSR count). The number of rotatable bonds is 2. The van der Waals surface area contributed by atoms with E-state index in [2.05, 4.69) is 15.2 Å². The van der Waals surface area contributed by atoms with E-state index in [0.29, 0.717) is 18.7 Å². The molecule has 0 saturated carbocycles. The fraction of sp³-hybridized carbons (Fsp3) is 0.571. The van der Waals surface area contributed by atoms with Crippen LogP contribution < -0.4 is 24.0 Å². The van der Waals surface area contributed by atoms with Crippen molar-refractivity contribution in [3.63, 3.8) is 0 Å². The second-order valence-corrected chi connectivity index (χ2v) is 2.88. The number of carbonyl (C=O) groups excluding carboxylic acids is 1. The number of aliphatic carboxylic acids is 1. The summed E-state index contributed by atoms with van der Waals surface area (Å²) in [5.74, 6) is -0.592. The number of carboxylic acids is 1. The first-order valence-electron chi connectivity index (χ1n) is 3.99. The Morgan fingerprint density at radius 3 is 2.93 bits per heavy atom. The van der Waals surface area contributed by atoms with E-state index in [9.17, 15) is 9.90 Å². The Bertz CT molecular complexity index is 303. The third kappa shape index (κ3) is 2.15. The van der Waals surface area contributed by atoms with Crippen molar-refractivity contribution < 1.29 is 33.5 Å². The first kappa shape index (κ1) is 11.2. The summed E-state index contributed by atoms with van der Waals surface area (Å²) in [7, 11) is 0. The van der Waals surface area contributed by atoms with Crippen molar-refractivity contribution in [2.24, 2.45) is 0 Å². The maximum absolute atomic E-state index is 10.4. The van der Waals surface area contributed by atoms with Gasteiger partial charge in [0, 0.05) is 0 Å². The number of carboxylic acid groups (broad SMARTS) is 1. The number of nitrogens with one attached hydrogen (secondary N) is 1. The van der Waals surface area contributed by atoms with Crippen LogP contribution in [-0.2, 0) is 9.53 Å². The number of carbonyl (C=O) groups is 1. The fourth-order valence-corrected chi connectivity index (χ4v) is 1.38. The van der Waals surface area contributed by atoms with Gasteiger partial charge in [0.05, 0.1) is 12.1 Å². The van der Waals surface area contributed by atoms with Crippen LogP contribution in [0.2, 0.25) is 0 Å². The van der Waals surface area contributed by atoms with Gasteiger partial charge in [-0.3, -0.25) is 5.10 Å². The monoisotopic (exact) mass is 189 g/mol. The molecule has 2 heterocycles.